The molecule has 0 saturated carbocycles. The number of hydrogen-bond acceptors (Lipinski definition) is 3. The fraction of sp³-hybridized carbons (Fsp3) is 0.533. The van der Waals surface area contributed by atoms with Crippen LogP contribution in [0.5, 0.6) is 5.75 Å². The van der Waals surface area contributed by atoms with Crippen molar-refractivity contribution in [2.45, 2.75) is 19.8 Å². The van der Waals surface area contributed by atoms with Crippen molar-refractivity contribution in [3.8, 4) is 5.75 Å². The van der Waals surface area contributed by atoms with E-state index in [0.29, 0.717) is 16.5 Å². The lowest BCUT2D eigenvalue weighted by molar-refractivity contribution is -0.121. The van der Waals surface area contributed by atoms with Crippen molar-refractivity contribution in [3.63, 3.8) is 0 Å². The summed E-state index contributed by atoms with van der Waals surface area (Å²) in [4.78, 5) is 14.5. The normalized spacial score (nSPS) is 19.7. The van der Waals surface area contributed by atoms with Gasteiger partial charge in [-0.05, 0) is 45.0 Å². The summed E-state index contributed by atoms with van der Waals surface area (Å²) < 4.78 is 5.28. The number of halogens is 1. The molecule has 0 spiro atoms. The predicted octanol–water partition coefficient (Wildman–Crippen LogP) is 2.94. The van der Waals surface area contributed by atoms with E-state index < -0.39 is 0 Å². The maximum Gasteiger partial charge on any atom is 0.228 e. The molecule has 0 radical (unpaired) electrons. The monoisotopic (exact) mass is 296 g/mol. The number of ether oxygens (including phenoxy) is 1. The van der Waals surface area contributed by atoms with Crippen molar-refractivity contribution in [2.24, 2.45) is 5.92 Å². The Morgan fingerprint density at radius 1 is 1.50 bits per heavy atom. The van der Waals surface area contributed by atoms with Crippen LogP contribution in [-0.4, -0.2) is 38.1 Å². The topological polar surface area (TPSA) is 41.6 Å². The Morgan fingerprint density at radius 2 is 2.25 bits per heavy atom. The molecule has 1 amide bonds. The lowest BCUT2D eigenvalue weighted by Gasteiger charge is -2.28. The largest absolute Gasteiger partial charge is 0.495 e. The highest BCUT2D eigenvalue weighted by Gasteiger charge is 2.24. The molecule has 0 bridgehead atoms. The van der Waals surface area contributed by atoms with Gasteiger partial charge in [-0.2, -0.15) is 0 Å². The zero-order valence-corrected chi connectivity index (χ0v) is 13.0. The number of nitrogens with one attached hydrogen (secondary N) is 1. The minimum absolute atomic E-state index is 0.0365. The van der Waals surface area contributed by atoms with Crippen molar-refractivity contribution in [3.05, 3.63) is 22.7 Å². The quantitative estimate of drug-likeness (QED) is 0.932. The van der Waals surface area contributed by atoms with Gasteiger partial charge in [-0.25, -0.2) is 0 Å². The minimum Gasteiger partial charge on any atom is -0.495 e. The highest BCUT2D eigenvalue weighted by molar-refractivity contribution is 6.31. The Morgan fingerprint density at radius 3 is 2.90 bits per heavy atom. The van der Waals surface area contributed by atoms with E-state index in [0.717, 1.165) is 31.5 Å². The second kappa shape index (κ2) is 6.46. The summed E-state index contributed by atoms with van der Waals surface area (Å²) >= 11 is 6.07. The Hall–Kier alpha value is -1.26. The van der Waals surface area contributed by atoms with E-state index in [-0.39, 0.29) is 11.8 Å². The molecule has 1 atom stereocenters. The van der Waals surface area contributed by atoms with Gasteiger partial charge in [-0.3, -0.25) is 4.79 Å². The second-order valence-corrected chi connectivity index (χ2v) is 5.80. The molecule has 1 aliphatic rings. The molecule has 0 aliphatic carbocycles. The van der Waals surface area contributed by atoms with Crippen LogP contribution in [-0.2, 0) is 4.79 Å². The molecule has 0 aromatic heterocycles. The van der Waals surface area contributed by atoms with Gasteiger partial charge in [0.15, 0.2) is 0 Å². The number of anilines is 1. The molecule has 2 rings (SSSR count). The van der Waals surface area contributed by atoms with E-state index in [2.05, 4.69) is 10.2 Å². The van der Waals surface area contributed by atoms with Gasteiger partial charge in [-0.1, -0.05) is 11.6 Å². The summed E-state index contributed by atoms with van der Waals surface area (Å²) in [6.07, 6.45) is 2.00. The molecule has 1 N–H and O–H groups in total. The van der Waals surface area contributed by atoms with Crippen molar-refractivity contribution in [2.75, 3.05) is 32.6 Å². The van der Waals surface area contributed by atoms with Crippen LogP contribution >= 0.6 is 11.6 Å². The molecule has 4 nitrogen and oxygen atoms in total. The lowest BCUT2D eigenvalue weighted by atomic mass is 9.97. The van der Waals surface area contributed by atoms with Crippen LogP contribution in [0.15, 0.2) is 12.1 Å². The number of carbonyl (C=O) groups excluding carboxylic acids is 1. The van der Waals surface area contributed by atoms with Crippen LogP contribution in [0.3, 0.4) is 0 Å². The standard InChI is InChI=1S/C15H21ClN2O2/c1-10-7-13(14(20-3)8-12(10)16)17-15(19)11-5-4-6-18(2)9-11/h7-8,11H,4-6,9H2,1-3H3,(H,17,19). The lowest BCUT2D eigenvalue weighted by Crippen LogP contribution is -2.38. The number of hydrogen-bond donors (Lipinski definition) is 1. The summed E-state index contributed by atoms with van der Waals surface area (Å²) in [6.45, 7) is 3.78. The summed E-state index contributed by atoms with van der Waals surface area (Å²) in [6, 6.07) is 3.59. The van der Waals surface area contributed by atoms with Gasteiger partial charge in [0.25, 0.3) is 0 Å². The number of amides is 1. The number of benzene rings is 1. The molecule has 1 saturated heterocycles. The van der Waals surface area contributed by atoms with Crippen molar-refractivity contribution < 1.29 is 9.53 Å². The summed E-state index contributed by atoms with van der Waals surface area (Å²) in [7, 11) is 3.62. The third-order valence-electron chi connectivity index (χ3n) is 3.73. The molecular formula is C15H21ClN2O2. The number of likely N-dealkylation sites (tertiary alicyclic amines) is 1. The van der Waals surface area contributed by atoms with Crippen LogP contribution in [0.2, 0.25) is 5.02 Å². The first-order valence-electron chi connectivity index (χ1n) is 6.85. The van der Waals surface area contributed by atoms with Gasteiger partial charge in [-0.15, -0.1) is 0 Å². The first kappa shape index (κ1) is 15.1. The summed E-state index contributed by atoms with van der Waals surface area (Å²) in [5.74, 6) is 0.684. The molecule has 1 heterocycles. The molecule has 5 heteroatoms. The smallest absolute Gasteiger partial charge is 0.228 e. The Balaban J connectivity index is 2.12. The zero-order chi connectivity index (χ0) is 14.7. The average molecular weight is 297 g/mol. The number of carbonyl (C=O) groups is 1. The third-order valence-corrected chi connectivity index (χ3v) is 4.14. The SMILES string of the molecule is COc1cc(Cl)c(C)cc1NC(=O)C1CCCN(C)C1. The number of methoxy groups -OCH3 is 1. The maximum atomic E-state index is 12.4. The van der Waals surface area contributed by atoms with Gasteiger partial charge < -0.3 is 15.0 Å². The van der Waals surface area contributed by atoms with Crippen LogP contribution in [0.4, 0.5) is 5.69 Å². The zero-order valence-electron chi connectivity index (χ0n) is 12.2. The van der Waals surface area contributed by atoms with Crippen molar-refractivity contribution in [1.82, 2.24) is 4.90 Å². The molecule has 1 unspecified atom stereocenters. The van der Waals surface area contributed by atoms with Crippen molar-refractivity contribution in [1.29, 1.82) is 0 Å². The van der Waals surface area contributed by atoms with Gasteiger partial charge in [0.1, 0.15) is 5.75 Å². The van der Waals surface area contributed by atoms with Crippen LogP contribution in [0, 0.1) is 12.8 Å². The molecule has 20 heavy (non-hydrogen) atoms. The van der Waals surface area contributed by atoms with E-state index in [9.17, 15) is 4.79 Å². The summed E-state index contributed by atoms with van der Waals surface area (Å²) in [5, 5.41) is 3.61. The molecule has 1 aromatic carbocycles. The fourth-order valence-electron chi connectivity index (χ4n) is 2.55. The van der Waals surface area contributed by atoms with Crippen LogP contribution < -0.4 is 10.1 Å². The highest BCUT2D eigenvalue weighted by Crippen LogP contribution is 2.31. The van der Waals surface area contributed by atoms with Gasteiger partial charge in [0.2, 0.25) is 5.91 Å². The first-order chi connectivity index (χ1) is 9.51. The van der Waals surface area contributed by atoms with Crippen LogP contribution in [0.25, 0.3) is 0 Å². The second-order valence-electron chi connectivity index (χ2n) is 5.39. The average Bonchev–Trinajstić information content (AvgIpc) is 2.42. The van der Waals surface area contributed by atoms with E-state index >= 15 is 0 Å². The minimum atomic E-state index is 0.0365. The van der Waals surface area contributed by atoms with Gasteiger partial charge in [0.05, 0.1) is 18.7 Å². The molecule has 110 valence electrons. The molecule has 1 fully saturated rings. The first-order valence-corrected chi connectivity index (χ1v) is 7.22. The van der Waals surface area contributed by atoms with Crippen LogP contribution in [0.1, 0.15) is 18.4 Å². The number of nitrogens with zero attached hydrogens (tertiary/aromatic N) is 1. The summed E-state index contributed by atoms with van der Waals surface area (Å²) in [5.41, 5.74) is 1.61. The maximum absolute atomic E-state index is 12.4. The Labute approximate surface area is 125 Å². The fourth-order valence-corrected chi connectivity index (χ4v) is 2.70. The third kappa shape index (κ3) is 3.44. The number of aryl methyl sites for hydroxylation is 1. The molecule has 1 aliphatic heterocycles. The van der Waals surface area contributed by atoms with Gasteiger partial charge >= 0.3 is 0 Å². The van der Waals surface area contributed by atoms with Gasteiger partial charge in [0, 0.05) is 17.6 Å². The van der Waals surface area contributed by atoms with E-state index in [1.807, 2.05) is 20.0 Å². The Kier molecular flexibility index (Phi) is 4.89. The number of rotatable bonds is 3. The van der Waals surface area contributed by atoms with E-state index in [1.165, 1.54) is 0 Å². The van der Waals surface area contributed by atoms with E-state index in [1.54, 1.807) is 13.2 Å². The molecular weight excluding hydrogens is 276 g/mol. The van der Waals surface area contributed by atoms with E-state index in [4.69, 9.17) is 16.3 Å². The predicted molar refractivity (Wildman–Crippen MR) is 81.6 cm³/mol. The molecule has 1 aromatic rings. The number of piperidine rings is 1. The highest BCUT2D eigenvalue weighted by atomic mass is 35.5. The Bertz CT molecular complexity index is 505. The van der Waals surface area contributed by atoms with Crippen molar-refractivity contribution >= 4 is 23.2 Å².